The summed E-state index contributed by atoms with van der Waals surface area (Å²) in [6, 6.07) is 18.0. The molecule has 1 amide bonds. The number of thioether (sulfide) groups is 1. The average Bonchev–Trinajstić information content (AvgIpc) is 3.21. The van der Waals surface area contributed by atoms with Gasteiger partial charge in [-0.05, 0) is 56.5 Å². The summed E-state index contributed by atoms with van der Waals surface area (Å²) >= 11 is 1.34. The molecule has 2 aromatic carbocycles. The van der Waals surface area contributed by atoms with Crippen LogP contribution in [0.15, 0.2) is 59.8 Å². The van der Waals surface area contributed by atoms with E-state index in [0.717, 1.165) is 24.2 Å². The summed E-state index contributed by atoms with van der Waals surface area (Å²) in [5.74, 6) is 1.44. The van der Waals surface area contributed by atoms with E-state index in [9.17, 15) is 4.79 Å². The summed E-state index contributed by atoms with van der Waals surface area (Å²) in [5.41, 5.74) is 2.19. The van der Waals surface area contributed by atoms with E-state index in [1.54, 1.807) is 7.11 Å². The quantitative estimate of drug-likeness (QED) is 0.519. The van der Waals surface area contributed by atoms with Gasteiger partial charge in [-0.2, -0.15) is 0 Å². The Morgan fingerprint density at radius 2 is 1.86 bits per heavy atom. The Kier molecular flexibility index (Phi) is 7.30. The minimum Gasteiger partial charge on any atom is -0.497 e. The number of H-pyrrole nitrogens is 1. The third-order valence-corrected chi connectivity index (χ3v) is 5.54. The van der Waals surface area contributed by atoms with Crippen LogP contribution in [0, 0.1) is 0 Å². The lowest BCUT2D eigenvalue weighted by Gasteiger charge is -2.16. The number of aromatic amines is 1. The Hall–Kier alpha value is -2.80. The van der Waals surface area contributed by atoms with Crippen LogP contribution in [0.5, 0.6) is 5.75 Å². The fraction of sp³-hybridized carbons (Fsp3) is 0.318. The molecule has 0 radical (unpaired) electrons. The number of hydrogen-bond donors (Lipinski definition) is 2. The third-order valence-electron chi connectivity index (χ3n) is 4.58. The Morgan fingerprint density at radius 1 is 1.14 bits per heavy atom. The van der Waals surface area contributed by atoms with Gasteiger partial charge in [-0.15, -0.1) is 5.10 Å². The van der Waals surface area contributed by atoms with Crippen LogP contribution in [0.4, 0.5) is 0 Å². The van der Waals surface area contributed by atoms with Gasteiger partial charge < -0.3 is 10.1 Å². The highest BCUT2D eigenvalue weighted by atomic mass is 32.2. The molecular formula is C22H26N4O2S. The summed E-state index contributed by atoms with van der Waals surface area (Å²) in [6.45, 7) is 3.90. The Morgan fingerprint density at radius 3 is 2.55 bits per heavy atom. The topological polar surface area (TPSA) is 79.9 Å². The molecule has 2 atom stereocenters. The zero-order chi connectivity index (χ0) is 20.6. The van der Waals surface area contributed by atoms with E-state index >= 15 is 0 Å². The van der Waals surface area contributed by atoms with Crippen LogP contribution in [0.1, 0.15) is 25.8 Å². The van der Waals surface area contributed by atoms with Crippen molar-refractivity contribution in [1.82, 2.24) is 20.5 Å². The van der Waals surface area contributed by atoms with Gasteiger partial charge in [0, 0.05) is 11.6 Å². The van der Waals surface area contributed by atoms with Crippen LogP contribution in [-0.2, 0) is 11.2 Å². The molecule has 29 heavy (non-hydrogen) atoms. The maximum atomic E-state index is 12.5. The number of ether oxygens (including phenoxy) is 1. The molecule has 3 rings (SSSR count). The number of amides is 1. The zero-order valence-corrected chi connectivity index (χ0v) is 17.7. The van der Waals surface area contributed by atoms with Gasteiger partial charge in [-0.1, -0.05) is 42.1 Å². The van der Waals surface area contributed by atoms with Gasteiger partial charge in [0.15, 0.2) is 5.82 Å². The van der Waals surface area contributed by atoms with Crippen LogP contribution in [0.25, 0.3) is 11.4 Å². The third kappa shape index (κ3) is 6.09. The Bertz CT molecular complexity index is 912. The van der Waals surface area contributed by atoms with Crippen molar-refractivity contribution in [2.24, 2.45) is 0 Å². The lowest BCUT2D eigenvalue weighted by Crippen LogP contribution is -2.37. The van der Waals surface area contributed by atoms with Crippen molar-refractivity contribution in [2.75, 3.05) is 7.11 Å². The number of methoxy groups -OCH3 is 1. The molecule has 152 valence electrons. The molecule has 1 heterocycles. The van der Waals surface area contributed by atoms with Crippen molar-refractivity contribution in [2.45, 2.75) is 43.1 Å². The van der Waals surface area contributed by atoms with E-state index in [4.69, 9.17) is 4.74 Å². The van der Waals surface area contributed by atoms with Gasteiger partial charge in [-0.3, -0.25) is 9.89 Å². The van der Waals surface area contributed by atoms with Crippen LogP contribution in [-0.4, -0.2) is 39.5 Å². The fourth-order valence-electron chi connectivity index (χ4n) is 2.85. The van der Waals surface area contributed by atoms with Crippen LogP contribution in [0.2, 0.25) is 0 Å². The van der Waals surface area contributed by atoms with E-state index in [1.807, 2.05) is 56.3 Å². The number of benzene rings is 2. The van der Waals surface area contributed by atoms with Gasteiger partial charge in [0.2, 0.25) is 11.1 Å². The first-order valence-electron chi connectivity index (χ1n) is 9.63. The van der Waals surface area contributed by atoms with Gasteiger partial charge in [0.1, 0.15) is 5.75 Å². The van der Waals surface area contributed by atoms with E-state index in [1.165, 1.54) is 17.3 Å². The summed E-state index contributed by atoms with van der Waals surface area (Å²) in [4.78, 5) is 17.0. The second-order valence-electron chi connectivity index (χ2n) is 6.89. The molecule has 3 aromatic rings. The summed E-state index contributed by atoms with van der Waals surface area (Å²) in [7, 11) is 1.63. The van der Waals surface area contributed by atoms with Gasteiger partial charge in [0.25, 0.3) is 0 Å². The first kappa shape index (κ1) is 20.9. The van der Waals surface area contributed by atoms with E-state index in [2.05, 4.69) is 32.6 Å². The van der Waals surface area contributed by atoms with Crippen molar-refractivity contribution < 1.29 is 9.53 Å². The van der Waals surface area contributed by atoms with Crippen molar-refractivity contribution in [1.29, 1.82) is 0 Å². The molecule has 0 saturated heterocycles. The molecule has 6 nitrogen and oxygen atoms in total. The van der Waals surface area contributed by atoms with Gasteiger partial charge in [-0.25, -0.2) is 4.98 Å². The molecule has 1 aromatic heterocycles. The molecule has 7 heteroatoms. The normalized spacial score (nSPS) is 12.9. The number of rotatable bonds is 9. The predicted octanol–water partition coefficient (Wildman–Crippen LogP) is 4.10. The molecule has 0 unspecified atom stereocenters. The van der Waals surface area contributed by atoms with E-state index in [0.29, 0.717) is 11.0 Å². The number of nitrogens with zero attached hydrogens (tertiary/aromatic N) is 2. The molecule has 0 fully saturated rings. The highest BCUT2D eigenvalue weighted by molar-refractivity contribution is 8.00. The molecule has 0 aliphatic heterocycles. The van der Waals surface area contributed by atoms with Crippen LogP contribution in [0.3, 0.4) is 0 Å². The molecule has 0 saturated carbocycles. The largest absolute Gasteiger partial charge is 0.497 e. The van der Waals surface area contributed by atoms with Crippen molar-refractivity contribution in [3.8, 4) is 17.1 Å². The number of carbonyl (C=O) groups is 1. The van der Waals surface area contributed by atoms with Crippen molar-refractivity contribution in [3.63, 3.8) is 0 Å². The number of nitrogens with one attached hydrogen (secondary N) is 2. The SMILES string of the molecule is COc1ccc(-c2nc(S[C@H](C)C(=O)N[C@@H](C)CCc3ccccc3)n[nH]2)cc1. The van der Waals surface area contributed by atoms with Crippen molar-refractivity contribution >= 4 is 17.7 Å². The number of hydrogen-bond acceptors (Lipinski definition) is 5. The minimum absolute atomic E-state index is 0.00800. The molecule has 2 N–H and O–H groups in total. The fourth-order valence-corrected chi connectivity index (χ4v) is 3.58. The molecule has 0 bridgehead atoms. The summed E-state index contributed by atoms with van der Waals surface area (Å²) in [5, 5.41) is 10.5. The van der Waals surface area contributed by atoms with Crippen LogP contribution < -0.4 is 10.1 Å². The first-order valence-corrected chi connectivity index (χ1v) is 10.5. The first-order chi connectivity index (χ1) is 14.0. The molecule has 0 aliphatic carbocycles. The second-order valence-corrected chi connectivity index (χ2v) is 8.20. The monoisotopic (exact) mass is 410 g/mol. The summed E-state index contributed by atoms with van der Waals surface area (Å²) in [6.07, 6.45) is 1.84. The second kappa shape index (κ2) is 10.1. The summed E-state index contributed by atoms with van der Waals surface area (Å²) < 4.78 is 5.17. The number of aryl methyl sites for hydroxylation is 1. The van der Waals surface area contributed by atoms with E-state index < -0.39 is 0 Å². The van der Waals surface area contributed by atoms with E-state index in [-0.39, 0.29) is 17.2 Å². The molecule has 0 spiro atoms. The predicted molar refractivity (Wildman–Crippen MR) is 116 cm³/mol. The standard InChI is InChI=1S/C22H26N4O2S/c1-15(9-10-17-7-5-4-6-8-17)23-21(27)16(2)29-22-24-20(25-26-22)18-11-13-19(28-3)14-12-18/h4-8,11-16H,9-10H2,1-3H3,(H,23,27)(H,24,25,26)/t15-,16+/m0/s1. The van der Waals surface area contributed by atoms with Gasteiger partial charge >= 0.3 is 0 Å². The highest BCUT2D eigenvalue weighted by Crippen LogP contribution is 2.24. The maximum Gasteiger partial charge on any atom is 0.233 e. The molecule has 0 aliphatic rings. The maximum absolute atomic E-state index is 12.5. The Balaban J connectivity index is 1.49. The highest BCUT2D eigenvalue weighted by Gasteiger charge is 2.19. The Labute approximate surface area is 175 Å². The van der Waals surface area contributed by atoms with Gasteiger partial charge in [0.05, 0.1) is 12.4 Å². The number of aromatic nitrogens is 3. The lowest BCUT2D eigenvalue weighted by molar-refractivity contribution is -0.120. The lowest BCUT2D eigenvalue weighted by atomic mass is 10.1. The smallest absolute Gasteiger partial charge is 0.233 e. The van der Waals surface area contributed by atoms with Crippen molar-refractivity contribution in [3.05, 3.63) is 60.2 Å². The average molecular weight is 411 g/mol. The molecular weight excluding hydrogens is 384 g/mol. The minimum atomic E-state index is -0.284. The number of carbonyl (C=O) groups excluding carboxylic acids is 1. The zero-order valence-electron chi connectivity index (χ0n) is 16.9. The van der Waals surface area contributed by atoms with Crippen LogP contribution >= 0.6 is 11.8 Å².